The lowest BCUT2D eigenvalue weighted by molar-refractivity contribution is -0.118. The second kappa shape index (κ2) is 11.2. The zero-order chi connectivity index (χ0) is 20.6. The van der Waals surface area contributed by atoms with Gasteiger partial charge in [0.05, 0.1) is 22.0 Å². The molecule has 0 aliphatic heterocycles. The van der Waals surface area contributed by atoms with Crippen LogP contribution in [0.4, 0.5) is 0 Å². The molecule has 5 nitrogen and oxygen atoms in total. The number of nitrogens with one attached hydrogen (secondary N) is 1. The van der Waals surface area contributed by atoms with Gasteiger partial charge in [-0.2, -0.15) is 5.10 Å². The van der Waals surface area contributed by atoms with Gasteiger partial charge < -0.3 is 0 Å². The highest BCUT2D eigenvalue weighted by molar-refractivity contribution is 8.03. The van der Waals surface area contributed by atoms with E-state index in [1.165, 1.54) is 29.3 Å². The van der Waals surface area contributed by atoms with E-state index in [0.29, 0.717) is 15.1 Å². The van der Waals surface area contributed by atoms with Crippen LogP contribution in [0.1, 0.15) is 11.1 Å². The molecule has 0 atom stereocenters. The predicted molar refractivity (Wildman–Crippen MR) is 124 cm³/mol. The van der Waals surface area contributed by atoms with E-state index in [1.807, 2.05) is 24.3 Å². The smallest absolute Gasteiger partial charge is 0.250 e. The Kier molecular flexibility index (Phi) is 8.65. The molecule has 29 heavy (non-hydrogen) atoms. The molecule has 1 heterocycles. The molecule has 0 radical (unpaired) electrons. The number of benzene rings is 2. The van der Waals surface area contributed by atoms with Crippen molar-refractivity contribution in [3.05, 3.63) is 68.7 Å². The maximum Gasteiger partial charge on any atom is 0.250 e. The van der Waals surface area contributed by atoms with E-state index in [1.54, 1.807) is 30.0 Å². The van der Waals surface area contributed by atoms with E-state index in [4.69, 9.17) is 34.8 Å². The molecule has 0 aliphatic carbocycles. The Labute approximate surface area is 195 Å². The number of amides is 1. The minimum absolute atomic E-state index is 0.190. The van der Waals surface area contributed by atoms with Crippen molar-refractivity contribution in [3.8, 4) is 0 Å². The van der Waals surface area contributed by atoms with Gasteiger partial charge in [-0.1, -0.05) is 87.9 Å². The summed E-state index contributed by atoms with van der Waals surface area (Å²) in [6, 6.07) is 12.8. The van der Waals surface area contributed by atoms with E-state index in [0.717, 1.165) is 25.6 Å². The number of rotatable bonds is 8. The molecule has 1 amide bonds. The van der Waals surface area contributed by atoms with Crippen LogP contribution in [0.3, 0.4) is 0 Å². The molecule has 3 aromatic rings. The minimum atomic E-state index is -0.239. The van der Waals surface area contributed by atoms with Crippen molar-refractivity contribution in [1.29, 1.82) is 0 Å². The van der Waals surface area contributed by atoms with Crippen molar-refractivity contribution in [3.63, 3.8) is 0 Å². The number of halogens is 3. The largest absolute Gasteiger partial charge is 0.272 e. The summed E-state index contributed by atoms with van der Waals surface area (Å²) in [6.07, 6.45) is 1.50. The van der Waals surface area contributed by atoms with Gasteiger partial charge in [0.25, 0.3) is 5.91 Å². The van der Waals surface area contributed by atoms with Crippen molar-refractivity contribution in [1.82, 2.24) is 15.6 Å². The highest BCUT2D eigenvalue weighted by Crippen LogP contribution is 2.30. The molecule has 0 bridgehead atoms. The van der Waals surface area contributed by atoms with Crippen LogP contribution in [0.15, 0.2) is 56.2 Å². The van der Waals surface area contributed by atoms with Gasteiger partial charge in [-0.15, -0.1) is 10.2 Å². The summed E-state index contributed by atoms with van der Waals surface area (Å²) in [5.41, 5.74) is 4.36. The Morgan fingerprint density at radius 3 is 2.48 bits per heavy atom. The maximum atomic E-state index is 11.9. The molecular formula is C18H13Cl3N4OS3. The van der Waals surface area contributed by atoms with E-state index in [-0.39, 0.29) is 11.7 Å². The van der Waals surface area contributed by atoms with Crippen molar-refractivity contribution in [2.24, 2.45) is 5.10 Å². The van der Waals surface area contributed by atoms with E-state index < -0.39 is 0 Å². The van der Waals surface area contributed by atoms with Crippen molar-refractivity contribution in [2.75, 3.05) is 5.75 Å². The molecule has 0 fully saturated rings. The summed E-state index contributed by atoms with van der Waals surface area (Å²) >= 11 is 22.0. The number of nitrogens with zero attached hydrogens (tertiary/aromatic N) is 3. The van der Waals surface area contributed by atoms with Gasteiger partial charge in [0.2, 0.25) is 0 Å². The third kappa shape index (κ3) is 7.47. The molecule has 0 saturated carbocycles. The number of hydrogen-bond acceptors (Lipinski definition) is 7. The number of carbonyl (C=O) groups is 1. The first-order valence-corrected chi connectivity index (χ1v) is 12.0. The van der Waals surface area contributed by atoms with Crippen LogP contribution >= 0.6 is 69.7 Å². The van der Waals surface area contributed by atoms with Crippen molar-refractivity contribution < 1.29 is 4.79 Å². The van der Waals surface area contributed by atoms with Gasteiger partial charge in [-0.05, 0) is 35.4 Å². The van der Waals surface area contributed by atoms with Crippen LogP contribution in [0.2, 0.25) is 15.1 Å². The second-order valence-corrected chi connectivity index (χ2v) is 10.2. The molecule has 1 N–H and O–H groups in total. The monoisotopic (exact) mass is 502 g/mol. The molecule has 0 aliphatic rings. The summed E-state index contributed by atoms with van der Waals surface area (Å²) in [4.78, 5) is 11.9. The van der Waals surface area contributed by atoms with E-state index in [2.05, 4.69) is 20.7 Å². The van der Waals surface area contributed by atoms with Crippen molar-refractivity contribution in [2.45, 2.75) is 14.4 Å². The average Bonchev–Trinajstić information content (AvgIpc) is 3.17. The van der Waals surface area contributed by atoms with Crippen LogP contribution in [-0.2, 0) is 10.5 Å². The summed E-state index contributed by atoms with van der Waals surface area (Å²) in [6.45, 7) is 0. The normalized spacial score (nSPS) is 11.1. The number of hydrogen-bond donors (Lipinski definition) is 1. The fourth-order valence-corrected chi connectivity index (χ4v) is 5.17. The fraction of sp³-hybridized carbons (Fsp3) is 0.111. The minimum Gasteiger partial charge on any atom is -0.272 e. The quantitative estimate of drug-likeness (QED) is 0.231. The number of carbonyl (C=O) groups excluding carboxylic acids is 1. The summed E-state index contributed by atoms with van der Waals surface area (Å²) in [5.74, 6) is 0.729. The van der Waals surface area contributed by atoms with Crippen LogP contribution in [0.25, 0.3) is 0 Å². The molecule has 11 heteroatoms. The SMILES string of the molecule is O=C(CSc1nnc(SCc2ccc(Cl)cc2)s1)NN=Cc1ccc(Cl)c(Cl)c1. The zero-order valence-electron chi connectivity index (χ0n) is 14.6. The van der Waals surface area contributed by atoms with Crippen molar-refractivity contribution >= 4 is 81.8 Å². The third-order valence-corrected chi connectivity index (χ3v) is 7.59. The van der Waals surface area contributed by atoms with Crippen LogP contribution in [-0.4, -0.2) is 28.1 Å². The Bertz CT molecular complexity index is 1010. The van der Waals surface area contributed by atoms with Gasteiger partial charge in [0.15, 0.2) is 8.68 Å². The lowest BCUT2D eigenvalue weighted by Gasteiger charge is -1.99. The standard InChI is InChI=1S/C18H13Cl3N4OS3/c19-13-4-1-11(2-5-13)9-27-17-24-25-18(29-17)28-10-16(26)23-22-8-12-3-6-14(20)15(21)7-12/h1-8H,9-10H2,(H,23,26). The van der Waals surface area contributed by atoms with Crippen LogP contribution in [0, 0.1) is 0 Å². The molecule has 150 valence electrons. The first-order chi connectivity index (χ1) is 14.0. The Hall–Kier alpha value is -1.29. The van der Waals surface area contributed by atoms with Crippen LogP contribution in [0.5, 0.6) is 0 Å². The highest BCUT2D eigenvalue weighted by atomic mass is 35.5. The summed E-state index contributed by atoms with van der Waals surface area (Å²) < 4.78 is 1.58. The Morgan fingerprint density at radius 1 is 1.03 bits per heavy atom. The lowest BCUT2D eigenvalue weighted by atomic mass is 10.2. The number of hydrazone groups is 1. The maximum absolute atomic E-state index is 11.9. The first-order valence-electron chi connectivity index (χ1n) is 8.10. The molecule has 0 saturated heterocycles. The lowest BCUT2D eigenvalue weighted by Crippen LogP contribution is -2.19. The molecular weight excluding hydrogens is 491 g/mol. The average molecular weight is 504 g/mol. The predicted octanol–water partition coefficient (Wildman–Crippen LogP) is 6.03. The first kappa shape index (κ1) is 22.4. The second-order valence-electron chi connectivity index (χ2n) is 5.50. The third-order valence-electron chi connectivity index (χ3n) is 3.34. The summed E-state index contributed by atoms with van der Waals surface area (Å²) in [7, 11) is 0. The zero-order valence-corrected chi connectivity index (χ0v) is 19.4. The number of thioether (sulfide) groups is 2. The Balaban J connectivity index is 1.41. The summed E-state index contributed by atoms with van der Waals surface area (Å²) in [5, 5.41) is 13.8. The highest BCUT2D eigenvalue weighted by Gasteiger charge is 2.09. The topological polar surface area (TPSA) is 67.2 Å². The molecule has 1 aromatic heterocycles. The fourth-order valence-electron chi connectivity index (χ4n) is 1.97. The number of aromatic nitrogens is 2. The Morgan fingerprint density at radius 2 is 1.76 bits per heavy atom. The van der Waals surface area contributed by atoms with Gasteiger partial charge in [0, 0.05) is 10.8 Å². The molecule has 0 unspecified atom stereocenters. The molecule has 2 aromatic carbocycles. The van der Waals surface area contributed by atoms with E-state index in [9.17, 15) is 4.79 Å². The van der Waals surface area contributed by atoms with Gasteiger partial charge >= 0.3 is 0 Å². The van der Waals surface area contributed by atoms with Gasteiger partial charge in [0.1, 0.15) is 0 Å². The van der Waals surface area contributed by atoms with E-state index >= 15 is 0 Å². The molecule has 3 rings (SSSR count). The van der Waals surface area contributed by atoms with Gasteiger partial charge in [-0.25, -0.2) is 5.43 Å². The van der Waals surface area contributed by atoms with Crippen LogP contribution < -0.4 is 5.43 Å². The van der Waals surface area contributed by atoms with Gasteiger partial charge in [-0.3, -0.25) is 4.79 Å². The molecule has 0 spiro atoms.